The second-order valence-electron chi connectivity index (χ2n) is 4.57. The van der Waals surface area contributed by atoms with Crippen LogP contribution < -0.4 is 10.9 Å². The standard InChI is InChI=1S/C13H18N2O2/c16-12-11(8-5-9-14-12)13(17)15-10-6-3-1-2-4-7-10/h5,8-10H,1-4,6-7H2,(H,14,16)(H,15,17). The van der Waals surface area contributed by atoms with Crippen LogP contribution in [-0.4, -0.2) is 16.9 Å². The first-order chi connectivity index (χ1) is 8.27. The number of amides is 1. The molecular formula is C13H18N2O2. The maximum Gasteiger partial charge on any atom is 0.260 e. The molecule has 4 nitrogen and oxygen atoms in total. The monoisotopic (exact) mass is 234 g/mol. The van der Waals surface area contributed by atoms with Crippen molar-refractivity contribution in [3.63, 3.8) is 0 Å². The molecule has 2 rings (SSSR count). The molecule has 92 valence electrons. The van der Waals surface area contributed by atoms with Crippen molar-refractivity contribution < 1.29 is 4.79 Å². The van der Waals surface area contributed by atoms with Crippen molar-refractivity contribution in [2.75, 3.05) is 0 Å². The Bertz CT molecular complexity index is 431. The van der Waals surface area contributed by atoms with Crippen LogP contribution in [0.25, 0.3) is 0 Å². The highest BCUT2D eigenvalue weighted by Gasteiger charge is 2.17. The van der Waals surface area contributed by atoms with Crippen LogP contribution in [0.3, 0.4) is 0 Å². The summed E-state index contributed by atoms with van der Waals surface area (Å²) in [6.45, 7) is 0. The third kappa shape index (κ3) is 3.19. The molecule has 1 aliphatic rings. The Morgan fingerprint density at radius 3 is 2.59 bits per heavy atom. The van der Waals surface area contributed by atoms with Gasteiger partial charge in [0.1, 0.15) is 5.56 Å². The van der Waals surface area contributed by atoms with Gasteiger partial charge in [-0.3, -0.25) is 9.59 Å². The van der Waals surface area contributed by atoms with Gasteiger partial charge in [0, 0.05) is 12.2 Å². The molecule has 1 heterocycles. The fraction of sp³-hybridized carbons (Fsp3) is 0.538. The van der Waals surface area contributed by atoms with Crippen LogP contribution in [0, 0.1) is 0 Å². The maximum atomic E-state index is 11.9. The first-order valence-corrected chi connectivity index (χ1v) is 6.26. The van der Waals surface area contributed by atoms with E-state index in [2.05, 4.69) is 10.3 Å². The number of pyridine rings is 1. The Morgan fingerprint density at radius 2 is 1.94 bits per heavy atom. The van der Waals surface area contributed by atoms with Crippen molar-refractivity contribution in [1.29, 1.82) is 0 Å². The van der Waals surface area contributed by atoms with Gasteiger partial charge in [0.25, 0.3) is 11.5 Å². The number of aromatic amines is 1. The molecular weight excluding hydrogens is 216 g/mol. The van der Waals surface area contributed by atoms with Crippen molar-refractivity contribution in [1.82, 2.24) is 10.3 Å². The number of H-pyrrole nitrogens is 1. The van der Waals surface area contributed by atoms with Gasteiger partial charge in [0.15, 0.2) is 0 Å². The van der Waals surface area contributed by atoms with Crippen molar-refractivity contribution >= 4 is 5.91 Å². The summed E-state index contributed by atoms with van der Waals surface area (Å²) in [6, 6.07) is 3.46. The Hall–Kier alpha value is -1.58. The van der Waals surface area contributed by atoms with Gasteiger partial charge in [0.05, 0.1) is 0 Å². The molecule has 1 aromatic heterocycles. The van der Waals surface area contributed by atoms with Crippen LogP contribution in [0.1, 0.15) is 48.9 Å². The van der Waals surface area contributed by atoms with Gasteiger partial charge in [-0.15, -0.1) is 0 Å². The summed E-state index contributed by atoms with van der Waals surface area (Å²) in [5.74, 6) is -0.251. The minimum atomic E-state index is -0.321. The summed E-state index contributed by atoms with van der Waals surface area (Å²) in [4.78, 5) is 25.9. The molecule has 1 saturated carbocycles. The normalized spacial score (nSPS) is 17.4. The van der Waals surface area contributed by atoms with Gasteiger partial charge in [-0.2, -0.15) is 0 Å². The van der Waals surface area contributed by atoms with Crippen LogP contribution in [-0.2, 0) is 0 Å². The van der Waals surface area contributed by atoms with Crippen LogP contribution in [0.2, 0.25) is 0 Å². The number of hydrogen-bond acceptors (Lipinski definition) is 2. The molecule has 17 heavy (non-hydrogen) atoms. The van der Waals surface area contributed by atoms with E-state index in [1.165, 1.54) is 19.0 Å². The molecule has 0 saturated heterocycles. The SMILES string of the molecule is O=C(NC1CCCCCC1)c1ccc[nH]c1=O. The lowest BCUT2D eigenvalue weighted by atomic mass is 10.1. The van der Waals surface area contributed by atoms with E-state index in [9.17, 15) is 9.59 Å². The molecule has 1 aromatic rings. The van der Waals surface area contributed by atoms with E-state index >= 15 is 0 Å². The Balaban J connectivity index is 2.01. The topological polar surface area (TPSA) is 62.0 Å². The van der Waals surface area contributed by atoms with Gasteiger partial charge in [-0.1, -0.05) is 25.7 Å². The third-order valence-corrected chi connectivity index (χ3v) is 3.25. The zero-order valence-corrected chi connectivity index (χ0v) is 9.87. The van der Waals surface area contributed by atoms with E-state index in [0.717, 1.165) is 25.7 Å². The molecule has 0 spiro atoms. The lowest BCUT2D eigenvalue weighted by molar-refractivity contribution is 0.0932. The van der Waals surface area contributed by atoms with Crippen molar-refractivity contribution in [2.45, 2.75) is 44.6 Å². The highest BCUT2D eigenvalue weighted by molar-refractivity contribution is 5.93. The first-order valence-electron chi connectivity index (χ1n) is 6.26. The quantitative estimate of drug-likeness (QED) is 0.767. The average molecular weight is 234 g/mol. The zero-order valence-electron chi connectivity index (χ0n) is 9.87. The molecule has 1 fully saturated rings. The van der Waals surface area contributed by atoms with Gasteiger partial charge in [-0.25, -0.2) is 0 Å². The minimum Gasteiger partial charge on any atom is -0.349 e. The minimum absolute atomic E-state index is 0.205. The average Bonchev–Trinajstić information content (AvgIpc) is 2.58. The predicted molar refractivity (Wildman–Crippen MR) is 66.0 cm³/mol. The van der Waals surface area contributed by atoms with E-state index in [1.807, 2.05) is 0 Å². The third-order valence-electron chi connectivity index (χ3n) is 3.25. The smallest absolute Gasteiger partial charge is 0.260 e. The van der Waals surface area contributed by atoms with Gasteiger partial charge in [-0.05, 0) is 25.0 Å². The Labute approximate surface area is 100 Å². The molecule has 4 heteroatoms. The zero-order chi connectivity index (χ0) is 12.1. The van der Waals surface area contributed by atoms with Crippen molar-refractivity contribution in [2.24, 2.45) is 0 Å². The van der Waals surface area contributed by atoms with Crippen LogP contribution in [0.15, 0.2) is 23.1 Å². The fourth-order valence-corrected chi connectivity index (χ4v) is 2.29. The van der Waals surface area contributed by atoms with E-state index in [4.69, 9.17) is 0 Å². The second-order valence-corrected chi connectivity index (χ2v) is 4.57. The highest BCUT2D eigenvalue weighted by Crippen LogP contribution is 2.17. The fourth-order valence-electron chi connectivity index (χ4n) is 2.29. The van der Waals surface area contributed by atoms with Gasteiger partial charge >= 0.3 is 0 Å². The summed E-state index contributed by atoms with van der Waals surface area (Å²) in [7, 11) is 0. The number of carbonyl (C=O) groups excluding carboxylic acids is 1. The number of aromatic nitrogens is 1. The molecule has 1 amide bonds. The molecule has 2 N–H and O–H groups in total. The largest absolute Gasteiger partial charge is 0.349 e. The Morgan fingerprint density at radius 1 is 1.24 bits per heavy atom. The van der Waals surface area contributed by atoms with E-state index in [0.29, 0.717) is 0 Å². The Kier molecular flexibility index (Phi) is 3.96. The molecule has 0 aliphatic heterocycles. The van der Waals surface area contributed by atoms with Crippen molar-refractivity contribution in [3.8, 4) is 0 Å². The lowest BCUT2D eigenvalue weighted by Gasteiger charge is -2.15. The molecule has 0 radical (unpaired) electrons. The number of carbonyl (C=O) groups is 1. The van der Waals surface area contributed by atoms with E-state index < -0.39 is 0 Å². The second kappa shape index (κ2) is 5.66. The van der Waals surface area contributed by atoms with Gasteiger partial charge < -0.3 is 10.3 Å². The van der Waals surface area contributed by atoms with Crippen LogP contribution >= 0.6 is 0 Å². The summed E-state index contributed by atoms with van der Waals surface area (Å²) >= 11 is 0. The summed E-state index contributed by atoms with van der Waals surface area (Å²) in [5.41, 5.74) is -0.115. The molecule has 0 bridgehead atoms. The molecule has 0 unspecified atom stereocenters. The molecule has 0 aromatic carbocycles. The van der Waals surface area contributed by atoms with Crippen LogP contribution in [0.4, 0.5) is 0 Å². The highest BCUT2D eigenvalue weighted by atomic mass is 16.2. The van der Waals surface area contributed by atoms with Crippen LogP contribution in [0.5, 0.6) is 0 Å². The number of rotatable bonds is 2. The number of hydrogen-bond donors (Lipinski definition) is 2. The summed E-state index contributed by atoms with van der Waals surface area (Å²) in [5, 5.41) is 2.96. The molecule has 1 aliphatic carbocycles. The van der Waals surface area contributed by atoms with E-state index in [1.54, 1.807) is 12.1 Å². The summed E-state index contributed by atoms with van der Waals surface area (Å²) in [6.07, 6.45) is 8.40. The lowest BCUT2D eigenvalue weighted by Crippen LogP contribution is -2.37. The van der Waals surface area contributed by atoms with Crippen molar-refractivity contribution in [3.05, 3.63) is 34.2 Å². The first kappa shape index (κ1) is 11.9. The molecule has 0 atom stereocenters. The number of nitrogens with one attached hydrogen (secondary N) is 2. The predicted octanol–water partition coefficient (Wildman–Crippen LogP) is 1.83. The maximum absolute atomic E-state index is 11.9. The van der Waals surface area contributed by atoms with E-state index in [-0.39, 0.29) is 23.1 Å². The van der Waals surface area contributed by atoms with Gasteiger partial charge in [0.2, 0.25) is 0 Å². The summed E-state index contributed by atoms with van der Waals surface area (Å²) < 4.78 is 0.